The van der Waals surface area contributed by atoms with Gasteiger partial charge in [-0.05, 0) is 23.8 Å². The van der Waals surface area contributed by atoms with Crippen LogP contribution in [-0.2, 0) is 4.79 Å². The van der Waals surface area contributed by atoms with Crippen molar-refractivity contribution in [1.29, 1.82) is 0 Å². The summed E-state index contributed by atoms with van der Waals surface area (Å²) >= 11 is 1.70. The van der Waals surface area contributed by atoms with E-state index in [2.05, 4.69) is 29.6 Å². The number of carbonyl (C=O) groups excluding carboxylic acids is 1. The van der Waals surface area contributed by atoms with E-state index in [4.69, 9.17) is 0 Å². The maximum absolute atomic E-state index is 12.3. The molecule has 0 aliphatic heterocycles. The fourth-order valence-corrected chi connectivity index (χ4v) is 3.33. The average Bonchev–Trinajstić information content (AvgIpc) is 2.64. The second kappa shape index (κ2) is 8.37. The van der Waals surface area contributed by atoms with E-state index in [1.54, 1.807) is 11.8 Å². The van der Waals surface area contributed by atoms with Crippen LogP contribution in [0.1, 0.15) is 6.42 Å². The largest absolute Gasteiger partial charge is 0.325 e. The predicted octanol–water partition coefficient (Wildman–Crippen LogP) is 5.47. The lowest BCUT2D eigenvalue weighted by molar-refractivity contribution is -0.115. The Labute approximate surface area is 146 Å². The van der Waals surface area contributed by atoms with Crippen molar-refractivity contribution < 1.29 is 4.79 Å². The molecule has 3 aromatic rings. The zero-order valence-electron chi connectivity index (χ0n) is 13.3. The van der Waals surface area contributed by atoms with E-state index >= 15 is 0 Å². The van der Waals surface area contributed by atoms with Crippen LogP contribution in [0.5, 0.6) is 0 Å². The van der Waals surface area contributed by atoms with E-state index in [1.165, 1.54) is 4.90 Å². The highest BCUT2D eigenvalue weighted by molar-refractivity contribution is 7.99. The maximum Gasteiger partial charge on any atom is 0.225 e. The molecule has 0 saturated heterocycles. The molecule has 0 unspecified atom stereocenters. The SMILES string of the molecule is O=C(CCSc1ccccc1)Nc1ccccc1-c1ccccc1. The summed E-state index contributed by atoms with van der Waals surface area (Å²) in [6.45, 7) is 0. The Kier molecular flexibility index (Phi) is 5.70. The van der Waals surface area contributed by atoms with Gasteiger partial charge < -0.3 is 5.32 Å². The minimum Gasteiger partial charge on any atom is -0.325 e. The van der Waals surface area contributed by atoms with Gasteiger partial charge in [0.2, 0.25) is 5.91 Å². The van der Waals surface area contributed by atoms with Crippen molar-refractivity contribution in [2.45, 2.75) is 11.3 Å². The van der Waals surface area contributed by atoms with Crippen LogP contribution in [0.15, 0.2) is 89.8 Å². The Hall–Kier alpha value is -2.52. The van der Waals surface area contributed by atoms with Gasteiger partial charge >= 0.3 is 0 Å². The van der Waals surface area contributed by atoms with Gasteiger partial charge in [0.15, 0.2) is 0 Å². The third-order valence-corrected chi connectivity index (χ3v) is 4.64. The van der Waals surface area contributed by atoms with Gasteiger partial charge in [-0.3, -0.25) is 4.79 Å². The van der Waals surface area contributed by atoms with E-state index in [0.29, 0.717) is 6.42 Å². The summed E-state index contributed by atoms with van der Waals surface area (Å²) in [6.07, 6.45) is 0.489. The lowest BCUT2D eigenvalue weighted by atomic mass is 10.0. The second-order valence-electron chi connectivity index (χ2n) is 5.37. The minimum atomic E-state index is 0.0433. The van der Waals surface area contributed by atoms with E-state index in [1.807, 2.05) is 60.7 Å². The smallest absolute Gasteiger partial charge is 0.225 e. The molecule has 120 valence electrons. The summed E-state index contributed by atoms with van der Waals surface area (Å²) in [5, 5.41) is 3.04. The number of benzene rings is 3. The summed E-state index contributed by atoms with van der Waals surface area (Å²) in [6, 6.07) is 28.2. The highest BCUT2D eigenvalue weighted by Crippen LogP contribution is 2.27. The third-order valence-electron chi connectivity index (χ3n) is 3.63. The van der Waals surface area contributed by atoms with E-state index in [9.17, 15) is 4.79 Å². The normalized spacial score (nSPS) is 10.3. The molecule has 0 fully saturated rings. The Morgan fingerprint density at radius 3 is 2.17 bits per heavy atom. The molecule has 3 aromatic carbocycles. The van der Waals surface area contributed by atoms with E-state index < -0.39 is 0 Å². The lowest BCUT2D eigenvalue weighted by Crippen LogP contribution is -2.12. The van der Waals surface area contributed by atoms with Crippen molar-refractivity contribution >= 4 is 23.4 Å². The molecule has 3 rings (SSSR count). The zero-order valence-corrected chi connectivity index (χ0v) is 14.1. The van der Waals surface area contributed by atoms with Crippen LogP contribution in [0.4, 0.5) is 5.69 Å². The second-order valence-corrected chi connectivity index (χ2v) is 6.54. The monoisotopic (exact) mass is 333 g/mol. The van der Waals surface area contributed by atoms with Gasteiger partial charge in [0.1, 0.15) is 0 Å². The summed E-state index contributed by atoms with van der Waals surface area (Å²) in [5.41, 5.74) is 3.01. The minimum absolute atomic E-state index is 0.0433. The van der Waals surface area contributed by atoms with Crippen molar-refractivity contribution in [3.05, 3.63) is 84.9 Å². The first kappa shape index (κ1) is 16.3. The first-order valence-corrected chi connectivity index (χ1v) is 8.93. The van der Waals surface area contributed by atoms with Crippen molar-refractivity contribution in [2.75, 3.05) is 11.1 Å². The quantitative estimate of drug-likeness (QED) is 0.606. The molecule has 0 atom stereocenters. The number of hydrogen-bond donors (Lipinski definition) is 1. The highest BCUT2D eigenvalue weighted by Gasteiger charge is 2.08. The van der Waals surface area contributed by atoms with Crippen LogP contribution in [0.3, 0.4) is 0 Å². The maximum atomic E-state index is 12.3. The first-order valence-electron chi connectivity index (χ1n) is 7.95. The number of rotatable bonds is 6. The first-order chi connectivity index (χ1) is 11.8. The van der Waals surface area contributed by atoms with Crippen LogP contribution in [0.25, 0.3) is 11.1 Å². The summed E-state index contributed by atoms with van der Waals surface area (Å²) in [7, 11) is 0. The van der Waals surface area contributed by atoms with Gasteiger partial charge in [-0.2, -0.15) is 0 Å². The molecule has 0 spiro atoms. The fraction of sp³-hybridized carbons (Fsp3) is 0.0952. The molecular weight excluding hydrogens is 314 g/mol. The van der Waals surface area contributed by atoms with Crippen molar-refractivity contribution in [3.63, 3.8) is 0 Å². The molecule has 0 heterocycles. The Morgan fingerprint density at radius 2 is 1.42 bits per heavy atom. The molecule has 1 amide bonds. The van der Waals surface area contributed by atoms with Gasteiger partial charge in [0, 0.05) is 28.3 Å². The number of anilines is 1. The molecular formula is C21H19NOS. The van der Waals surface area contributed by atoms with Gasteiger partial charge in [-0.25, -0.2) is 0 Å². The standard InChI is InChI=1S/C21H19NOS/c23-21(15-16-24-18-11-5-2-6-12-18)22-20-14-8-7-13-19(20)17-9-3-1-4-10-17/h1-14H,15-16H2,(H,22,23). The van der Waals surface area contributed by atoms with E-state index in [0.717, 1.165) is 22.6 Å². The Balaban J connectivity index is 1.61. The van der Waals surface area contributed by atoms with Gasteiger partial charge in [-0.15, -0.1) is 11.8 Å². The zero-order chi connectivity index (χ0) is 16.6. The molecule has 1 N–H and O–H groups in total. The van der Waals surface area contributed by atoms with Crippen molar-refractivity contribution in [3.8, 4) is 11.1 Å². The summed E-state index contributed by atoms with van der Waals surface area (Å²) in [4.78, 5) is 13.5. The van der Waals surface area contributed by atoms with E-state index in [-0.39, 0.29) is 5.91 Å². The number of hydrogen-bond acceptors (Lipinski definition) is 2. The fourth-order valence-electron chi connectivity index (χ4n) is 2.45. The summed E-state index contributed by atoms with van der Waals surface area (Å²) < 4.78 is 0. The molecule has 0 aromatic heterocycles. The average molecular weight is 333 g/mol. The highest BCUT2D eigenvalue weighted by atomic mass is 32.2. The predicted molar refractivity (Wildman–Crippen MR) is 102 cm³/mol. The van der Waals surface area contributed by atoms with Gasteiger partial charge in [0.05, 0.1) is 0 Å². The number of nitrogens with one attached hydrogen (secondary N) is 1. The number of para-hydroxylation sites is 1. The van der Waals surface area contributed by atoms with Crippen LogP contribution in [-0.4, -0.2) is 11.7 Å². The Morgan fingerprint density at radius 1 is 0.792 bits per heavy atom. The van der Waals surface area contributed by atoms with Gasteiger partial charge in [-0.1, -0.05) is 66.7 Å². The Bertz CT molecular complexity index is 787. The molecule has 0 bridgehead atoms. The molecule has 2 nitrogen and oxygen atoms in total. The number of thioether (sulfide) groups is 1. The molecule has 0 saturated carbocycles. The van der Waals surface area contributed by atoms with Crippen LogP contribution in [0.2, 0.25) is 0 Å². The third kappa shape index (κ3) is 4.49. The van der Waals surface area contributed by atoms with Gasteiger partial charge in [0.25, 0.3) is 0 Å². The molecule has 24 heavy (non-hydrogen) atoms. The van der Waals surface area contributed by atoms with Crippen LogP contribution >= 0.6 is 11.8 Å². The summed E-state index contributed by atoms with van der Waals surface area (Å²) in [5.74, 6) is 0.811. The lowest BCUT2D eigenvalue weighted by Gasteiger charge is -2.11. The molecule has 0 aliphatic carbocycles. The van der Waals surface area contributed by atoms with Crippen LogP contribution in [0, 0.1) is 0 Å². The number of amides is 1. The molecule has 0 aliphatic rings. The topological polar surface area (TPSA) is 29.1 Å². The molecule has 3 heteroatoms. The van der Waals surface area contributed by atoms with Crippen molar-refractivity contribution in [1.82, 2.24) is 0 Å². The number of carbonyl (C=O) groups is 1. The molecule has 0 radical (unpaired) electrons. The van der Waals surface area contributed by atoms with Crippen LogP contribution < -0.4 is 5.32 Å². The van der Waals surface area contributed by atoms with Crippen molar-refractivity contribution in [2.24, 2.45) is 0 Å².